The fraction of sp³-hybridized carbons (Fsp3) is 0.364. The van der Waals surface area contributed by atoms with E-state index in [-0.39, 0.29) is 11.9 Å². The van der Waals surface area contributed by atoms with Crippen molar-refractivity contribution in [2.75, 3.05) is 43.1 Å². The lowest BCUT2D eigenvalue weighted by molar-refractivity contribution is -0.116. The van der Waals surface area contributed by atoms with Gasteiger partial charge in [0.2, 0.25) is 5.91 Å². The van der Waals surface area contributed by atoms with Crippen LogP contribution in [0, 0.1) is 0 Å². The first-order valence-electron chi connectivity index (χ1n) is 9.64. The maximum Gasteiger partial charge on any atom is 0.338 e. The highest BCUT2D eigenvalue weighted by atomic mass is 16.5. The van der Waals surface area contributed by atoms with Gasteiger partial charge in [-0.1, -0.05) is 12.1 Å². The zero-order chi connectivity index (χ0) is 19.8. The van der Waals surface area contributed by atoms with Crippen LogP contribution < -0.4 is 10.2 Å². The third-order valence-electron chi connectivity index (χ3n) is 4.63. The molecule has 0 saturated carbocycles. The standard InChI is InChI=1S/C22H26N2O4/c1-2-28-22(26)18-6-8-19(9-7-18)23-21(25)12-5-17-3-10-20(11-4-17)24-13-15-27-16-14-24/h3-4,6-11H,2,5,12-16H2,1H3,(H,23,25). The van der Waals surface area contributed by atoms with Gasteiger partial charge < -0.3 is 19.7 Å². The van der Waals surface area contributed by atoms with Crippen LogP contribution in [0.2, 0.25) is 0 Å². The van der Waals surface area contributed by atoms with Gasteiger partial charge in [-0.2, -0.15) is 0 Å². The molecule has 0 bridgehead atoms. The zero-order valence-electron chi connectivity index (χ0n) is 16.1. The maximum atomic E-state index is 12.2. The molecule has 1 aliphatic heterocycles. The van der Waals surface area contributed by atoms with Gasteiger partial charge in [0.05, 0.1) is 25.4 Å². The molecule has 0 spiro atoms. The first-order chi connectivity index (χ1) is 13.7. The first-order valence-corrected chi connectivity index (χ1v) is 9.64. The molecule has 148 valence electrons. The number of morpholine rings is 1. The molecule has 6 nitrogen and oxygen atoms in total. The minimum Gasteiger partial charge on any atom is -0.462 e. The SMILES string of the molecule is CCOC(=O)c1ccc(NC(=O)CCc2ccc(N3CCOCC3)cc2)cc1. The normalized spacial score (nSPS) is 13.8. The van der Waals surface area contributed by atoms with Crippen molar-refractivity contribution in [3.05, 3.63) is 59.7 Å². The van der Waals surface area contributed by atoms with Crippen LogP contribution in [0.1, 0.15) is 29.3 Å². The Morgan fingerprint density at radius 2 is 1.71 bits per heavy atom. The molecular formula is C22H26N2O4. The largest absolute Gasteiger partial charge is 0.462 e. The fourth-order valence-electron chi connectivity index (χ4n) is 3.08. The van der Waals surface area contributed by atoms with Gasteiger partial charge in [0.1, 0.15) is 0 Å². The number of hydrogen-bond donors (Lipinski definition) is 1. The van der Waals surface area contributed by atoms with Gasteiger partial charge in [-0.25, -0.2) is 4.79 Å². The highest BCUT2D eigenvalue weighted by Crippen LogP contribution is 2.18. The summed E-state index contributed by atoms with van der Waals surface area (Å²) >= 11 is 0. The third-order valence-corrected chi connectivity index (χ3v) is 4.63. The summed E-state index contributed by atoms with van der Waals surface area (Å²) < 4.78 is 10.3. The molecule has 1 fully saturated rings. The maximum absolute atomic E-state index is 12.2. The second-order valence-corrected chi connectivity index (χ2v) is 6.61. The van der Waals surface area contributed by atoms with Gasteiger partial charge >= 0.3 is 5.97 Å². The van der Waals surface area contributed by atoms with Crippen molar-refractivity contribution in [2.24, 2.45) is 0 Å². The molecule has 0 radical (unpaired) electrons. The summed E-state index contributed by atoms with van der Waals surface area (Å²) in [7, 11) is 0. The van der Waals surface area contributed by atoms with E-state index in [1.807, 2.05) is 0 Å². The summed E-state index contributed by atoms with van der Waals surface area (Å²) in [6.45, 7) is 5.46. The van der Waals surface area contributed by atoms with E-state index in [2.05, 4.69) is 34.5 Å². The molecule has 3 rings (SSSR count). The molecule has 2 aromatic carbocycles. The number of benzene rings is 2. The number of anilines is 2. The first kappa shape index (κ1) is 19.9. The number of nitrogens with one attached hydrogen (secondary N) is 1. The monoisotopic (exact) mass is 382 g/mol. The fourth-order valence-corrected chi connectivity index (χ4v) is 3.08. The lowest BCUT2D eigenvalue weighted by atomic mass is 10.1. The number of rotatable bonds is 7. The van der Waals surface area contributed by atoms with Crippen LogP contribution in [0.5, 0.6) is 0 Å². The van der Waals surface area contributed by atoms with Crippen molar-refractivity contribution in [1.29, 1.82) is 0 Å². The number of carbonyl (C=O) groups excluding carboxylic acids is 2. The molecule has 2 aromatic rings. The predicted molar refractivity (Wildman–Crippen MR) is 109 cm³/mol. The molecule has 1 saturated heterocycles. The molecule has 1 amide bonds. The Morgan fingerprint density at radius 3 is 2.36 bits per heavy atom. The van der Waals surface area contributed by atoms with Gasteiger partial charge in [0, 0.05) is 30.9 Å². The summed E-state index contributed by atoms with van der Waals surface area (Å²) in [6.07, 6.45) is 1.08. The Hall–Kier alpha value is -2.86. The molecule has 0 aliphatic carbocycles. The summed E-state index contributed by atoms with van der Waals surface area (Å²) in [5.74, 6) is -0.415. The molecule has 0 aromatic heterocycles. The van der Waals surface area contributed by atoms with Gasteiger partial charge in [-0.05, 0) is 55.3 Å². The predicted octanol–water partition coefficient (Wildman–Crippen LogP) is 3.27. The molecule has 0 unspecified atom stereocenters. The highest BCUT2D eigenvalue weighted by molar-refractivity contribution is 5.93. The van der Waals surface area contributed by atoms with E-state index in [4.69, 9.17) is 9.47 Å². The van der Waals surface area contributed by atoms with Crippen molar-refractivity contribution in [3.8, 4) is 0 Å². The molecule has 1 heterocycles. The Kier molecular flexibility index (Phi) is 7.03. The van der Waals surface area contributed by atoms with Gasteiger partial charge in [-0.15, -0.1) is 0 Å². The zero-order valence-corrected chi connectivity index (χ0v) is 16.1. The molecule has 28 heavy (non-hydrogen) atoms. The van der Waals surface area contributed by atoms with Crippen LogP contribution in [0.4, 0.5) is 11.4 Å². The number of aryl methyl sites for hydroxylation is 1. The number of nitrogens with zero attached hydrogens (tertiary/aromatic N) is 1. The average molecular weight is 382 g/mol. The summed E-state index contributed by atoms with van der Waals surface area (Å²) in [4.78, 5) is 26.1. The molecule has 6 heteroatoms. The Labute approximate surface area is 165 Å². The molecule has 1 N–H and O–H groups in total. The van der Waals surface area contributed by atoms with Crippen LogP contribution >= 0.6 is 0 Å². The van der Waals surface area contributed by atoms with Gasteiger partial charge in [0.15, 0.2) is 0 Å². The van der Waals surface area contributed by atoms with E-state index < -0.39 is 0 Å². The Balaban J connectivity index is 1.46. The second-order valence-electron chi connectivity index (χ2n) is 6.61. The summed E-state index contributed by atoms with van der Waals surface area (Å²) in [5, 5.41) is 2.86. The number of ether oxygens (including phenoxy) is 2. The van der Waals surface area contributed by atoms with Crippen molar-refractivity contribution in [3.63, 3.8) is 0 Å². The highest BCUT2D eigenvalue weighted by Gasteiger charge is 2.11. The van der Waals surface area contributed by atoms with Crippen molar-refractivity contribution < 1.29 is 19.1 Å². The topological polar surface area (TPSA) is 67.9 Å². The van der Waals surface area contributed by atoms with Crippen molar-refractivity contribution in [2.45, 2.75) is 19.8 Å². The van der Waals surface area contributed by atoms with Crippen LogP contribution in [0.25, 0.3) is 0 Å². The Morgan fingerprint density at radius 1 is 1.04 bits per heavy atom. The minimum atomic E-state index is -0.360. The lowest BCUT2D eigenvalue weighted by Crippen LogP contribution is -2.36. The van der Waals surface area contributed by atoms with E-state index in [9.17, 15) is 9.59 Å². The number of carbonyl (C=O) groups is 2. The van der Waals surface area contributed by atoms with E-state index in [0.29, 0.717) is 30.7 Å². The molecule has 1 aliphatic rings. The van der Waals surface area contributed by atoms with E-state index in [1.165, 1.54) is 5.69 Å². The van der Waals surface area contributed by atoms with E-state index in [0.717, 1.165) is 31.9 Å². The summed E-state index contributed by atoms with van der Waals surface area (Å²) in [5.41, 5.74) is 3.46. The van der Waals surface area contributed by atoms with Crippen molar-refractivity contribution in [1.82, 2.24) is 0 Å². The quantitative estimate of drug-likeness (QED) is 0.745. The summed E-state index contributed by atoms with van der Waals surface area (Å²) in [6, 6.07) is 15.1. The Bertz CT molecular complexity index is 781. The van der Waals surface area contributed by atoms with Crippen molar-refractivity contribution >= 4 is 23.3 Å². The van der Waals surface area contributed by atoms with E-state index >= 15 is 0 Å². The number of esters is 1. The van der Waals surface area contributed by atoms with Crippen LogP contribution in [0.3, 0.4) is 0 Å². The number of hydrogen-bond acceptors (Lipinski definition) is 5. The van der Waals surface area contributed by atoms with Crippen LogP contribution in [-0.2, 0) is 20.7 Å². The van der Waals surface area contributed by atoms with Crippen LogP contribution in [-0.4, -0.2) is 44.8 Å². The van der Waals surface area contributed by atoms with Crippen LogP contribution in [0.15, 0.2) is 48.5 Å². The average Bonchev–Trinajstić information content (AvgIpc) is 2.74. The third kappa shape index (κ3) is 5.57. The minimum absolute atomic E-state index is 0.0545. The second kappa shape index (κ2) is 9.90. The lowest BCUT2D eigenvalue weighted by Gasteiger charge is -2.28. The molecule has 0 atom stereocenters. The smallest absolute Gasteiger partial charge is 0.338 e. The van der Waals surface area contributed by atoms with Gasteiger partial charge in [0.25, 0.3) is 0 Å². The number of amides is 1. The molecular weight excluding hydrogens is 356 g/mol. The van der Waals surface area contributed by atoms with E-state index in [1.54, 1.807) is 31.2 Å². The van der Waals surface area contributed by atoms with Gasteiger partial charge in [-0.3, -0.25) is 4.79 Å².